The van der Waals surface area contributed by atoms with Crippen molar-refractivity contribution in [3.8, 4) is 0 Å². The molecule has 7 heteroatoms. The average Bonchev–Trinajstić information content (AvgIpc) is 3.10. The van der Waals surface area contributed by atoms with Crippen molar-refractivity contribution in [2.75, 3.05) is 6.54 Å². The van der Waals surface area contributed by atoms with Crippen molar-refractivity contribution in [3.63, 3.8) is 0 Å². The molecule has 1 amide bonds. The molecule has 0 unspecified atom stereocenters. The van der Waals surface area contributed by atoms with E-state index in [1.54, 1.807) is 30.3 Å². The van der Waals surface area contributed by atoms with Crippen LogP contribution >= 0.6 is 0 Å². The third kappa shape index (κ3) is 4.83. The van der Waals surface area contributed by atoms with Gasteiger partial charge < -0.3 is 9.73 Å². The predicted molar refractivity (Wildman–Crippen MR) is 98.5 cm³/mol. The van der Waals surface area contributed by atoms with Gasteiger partial charge >= 0.3 is 0 Å². The summed E-state index contributed by atoms with van der Waals surface area (Å²) in [6.07, 6.45) is 1.74. The molecule has 0 fully saturated rings. The van der Waals surface area contributed by atoms with Gasteiger partial charge in [0.05, 0.1) is 16.9 Å². The van der Waals surface area contributed by atoms with Crippen LogP contribution in [0.1, 0.15) is 21.7 Å². The summed E-state index contributed by atoms with van der Waals surface area (Å²) in [5.41, 5.74) is 1.05. The van der Waals surface area contributed by atoms with Crippen molar-refractivity contribution < 1.29 is 22.0 Å². The van der Waals surface area contributed by atoms with Gasteiger partial charge in [-0.3, -0.25) is 4.79 Å². The molecule has 27 heavy (non-hydrogen) atoms. The highest BCUT2D eigenvalue weighted by molar-refractivity contribution is 7.90. The van der Waals surface area contributed by atoms with Crippen LogP contribution in [0, 0.1) is 5.82 Å². The molecule has 3 aromatic rings. The van der Waals surface area contributed by atoms with Crippen molar-refractivity contribution in [2.24, 2.45) is 0 Å². The second-order valence-corrected chi connectivity index (χ2v) is 7.97. The number of carbonyl (C=O) groups is 1. The molecule has 1 N–H and O–H groups in total. The molecule has 1 heterocycles. The summed E-state index contributed by atoms with van der Waals surface area (Å²) in [6, 6.07) is 15.6. The molecule has 0 bridgehead atoms. The lowest BCUT2D eigenvalue weighted by Crippen LogP contribution is -2.26. The van der Waals surface area contributed by atoms with Gasteiger partial charge in [0.25, 0.3) is 5.91 Å². The minimum atomic E-state index is -3.59. The molecular formula is C20H18FNO4S. The third-order valence-corrected chi connectivity index (χ3v) is 5.67. The van der Waals surface area contributed by atoms with Crippen LogP contribution in [0.2, 0.25) is 0 Å². The lowest BCUT2D eigenvalue weighted by atomic mass is 10.1. The topological polar surface area (TPSA) is 76.4 Å². The van der Waals surface area contributed by atoms with Gasteiger partial charge in [0.15, 0.2) is 15.6 Å². The van der Waals surface area contributed by atoms with E-state index in [1.807, 2.05) is 0 Å². The largest absolute Gasteiger partial charge is 0.459 e. The normalized spacial score (nSPS) is 11.3. The van der Waals surface area contributed by atoms with Gasteiger partial charge in [-0.15, -0.1) is 0 Å². The van der Waals surface area contributed by atoms with Crippen LogP contribution in [0.15, 0.2) is 76.2 Å². The molecule has 0 spiro atoms. The van der Waals surface area contributed by atoms with Crippen LogP contribution in [0.5, 0.6) is 0 Å². The zero-order chi connectivity index (χ0) is 19.3. The Bertz CT molecular complexity index is 1030. The standard InChI is InChI=1S/C20H18FNO4S/c21-17-6-4-5-15(13-17)9-11-22-20(23)19-16(10-12-26-19)14-27(24,25)18-7-2-1-3-8-18/h1-8,10,12-13H,9,11,14H2,(H,22,23). The molecule has 0 atom stereocenters. The Morgan fingerprint density at radius 1 is 1.04 bits per heavy atom. The SMILES string of the molecule is O=C(NCCc1cccc(F)c1)c1occc1CS(=O)(=O)c1ccccc1. The first-order valence-corrected chi connectivity index (χ1v) is 9.98. The number of hydrogen-bond donors (Lipinski definition) is 1. The van der Waals surface area contributed by atoms with Crippen LogP contribution < -0.4 is 5.32 Å². The van der Waals surface area contributed by atoms with Crippen molar-refractivity contribution in [2.45, 2.75) is 17.1 Å². The van der Waals surface area contributed by atoms with E-state index in [0.717, 1.165) is 5.56 Å². The predicted octanol–water partition coefficient (Wildman–Crippen LogP) is 3.37. The van der Waals surface area contributed by atoms with Gasteiger partial charge in [0, 0.05) is 12.1 Å². The summed E-state index contributed by atoms with van der Waals surface area (Å²) < 4.78 is 43.4. The van der Waals surface area contributed by atoms with Crippen molar-refractivity contribution in [1.82, 2.24) is 5.32 Å². The first kappa shape index (κ1) is 18.8. The highest BCUT2D eigenvalue weighted by atomic mass is 32.2. The highest BCUT2D eigenvalue weighted by Gasteiger charge is 2.22. The average molecular weight is 387 g/mol. The first-order valence-electron chi connectivity index (χ1n) is 8.32. The quantitative estimate of drug-likeness (QED) is 0.674. The molecule has 3 rings (SSSR count). The minimum absolute atomic E-state index is 0.0336. The third-order valence-electron chi connectivity index (χ3n) is 3.99. The first-order chi connectivity index (χ1) is 13.0. The van der Waals surface area contributed by atoms with Crippen LogP contribution in [0.25, 0.3) is 0 Å². The maximum Gasteiger partial charge on any atom is 0.287 e. The van der Waals surface area contributed by atoms with Gasteiger partial charge in [0.2, 0.25) is 0 Å². The second-order valence-electron chi connectivity index (χ2n) is 5.98. The number of rotatable bonds is 7. The number of hydrogen-bond acceptors (Lipinski definition) is 4. The van der Waals surface area contributed by atoms with Crippen LogP contribution in [0.3, 0.4) is 0 Å². The molecule has 0 saturated carbocycles. The number of amides is 1. The lowest BCUT2D eigenvalue weighted by Gasteiger charge is -2.07. The van der Waals surface area contributed by atoms with Crippen LogP contribution in [-0.4, -0.2) is 20.9 Å². The van der Waals surface area contributed by atoms with Crippen molar-refractivity contribution >= 4 is 15.7 Å². The maximum absolute atomic E-state index is 13.2. The van der Waals surface area contributed by atoms with E-state index in [2.05, 4.69) is 5.32 Å². The van der Waals surface area contributed by atoms with Crippen LogP contribution in [-0.2, 0) is 22.0 Å². The number of sulfone groups is 1. The van der Waals surface area contributed by atoms with E-state index >= 15 is 0 Å². The van der Waals surface area contributed by atoms with Gasteiger partial charge in [-0.25, -0.2) is 12.8 Å². The maximum atomic E-state index is 13.2. The lowest BCUT2D eigenvalue weighted by molar-refractivity contribution is 0.0925. The molecule has 0 saturated heterocycles. The molecule has 0 radical (unpaired) electrons. The van der Waals surface area contributed by atoms with Gasteiger partial charge in [-0.2, -0.15) is 0 Å². The van der Waals surface area contributed by atoms with E-state index < -0.39 is 15.7 Å². The Morgan fingerprint density at radius 3 is 2.56 bits per heavy atom. The van der Waals surface area contributed by atoms with Crippen LogP contribution in [0.4, 0.5) is 4.39 Å². The Kier molecular flexibility index (Phi) is 5.71. The number of nitrogens with one attached hydrogen (secondary N) is 1. The zero-order valence-electron chi connectivity index (χ0n) is 14.4. The molecule has 0 aliphatic carbocycles. The van der Waals surface area contributed by atoms with E-state index in [9.17, 15) is 17.6 Å². The Hall–Kier alpha value is -2.93. The fraction of sp³-hybridized carbons (Fsp3) is 0.150. The Morgan fingerprint density at radius 2 is 1.81 bits per heavy atom. The molecule has 0 aliphatic rings. The Balaban J connectivity index is 1.65. The van der Waals surface area contributed by atoms with Crippen molar-refractivity contribution in [1.29, 1.82) is 0 Å². The molecule has 140 valence electrons. The minimum Gasteiger partial charge on any atom is -0.459 e. The summed E-state index contributed by atoms with van der Waals surface area (Å²) in [5.74, 6) is -1.21. The summed E-state index contributed by atoms with van der Waals surface area (Å²) >= 11 is 0. The summed E-state index contributed by atoms with van der Waals surface area (Å²) in [6.45, 7) is 0.272. The van der Waals surface area contributed by atoms with E-state index in [1.165, 1.54) is 36.6 Å². The van der Waals surface area contributed by atoms with Gasteiger partial charge in [0.1, 0.15) is 5.82 Å². The van der Waals surface area contributed by atoms with Crippen molar-refractivity contribution in [3.05, 3.63) is 89.6 Å². The highest BCUT2D eigenvalue weighted by Crippen LogP contribution is 2.20. The number of carbonyl (C=O) groups excluding carboxylic acids is 1. The van der Waals surface area contributed by atoms with Gasteiger partial charge in [-0.05, 0) is 42.3 Å². The molecule has 5 nitrogen and oxygen atoms in total. The number of furan rings is 1. The fourth-order valence-corrected chi connectivity index (χ4v) is 4.03. The number of halogens is 1. The molecular weight excluding hydrogens is 369 g/mol. The Labute approximate surface area is 156 Å². The molecule has 0 aliphatic heterocycles. The summed E-state index contributed by atoms with van der Waals surface area (Å²) in [5, 5.41) is 2.67. The second kappa shape index (κ2) is 8.18. The monoisotopic (exact) mass is 387 g/mol. The smallest absolute Gasteiger partial charge is 0.287 e. The molecule has 1 aromatic heterocycles. The summed E-state index contributed by atoms with van der Waals surface area (Å²) in [4.78, 5) is 12.5. The van der Waals surface area contributed by atoms with Gasteiger partial charge in [-0.1, -0.05) is 30.3 Å². The van der Waals surface area contributed by atoms with E-state index in [0.29, 0.717) is 12.0 Å². The fourth-order valence-electron chi connectivity index (χ4n) is 2.66. The summed E-state index contributed by atoms with van der Waals surface area (Å²) in [7, 11) is -3.59. The van der Waals surface area contributed by atoms with E-state index in [-0.39, 0.29) is 28.8 Å². The van der Waals surface area contributed by atoms with E-state index in [4.69, 9.17) is 4.42 Å². The molecule has 2 aromatic carbocycles. The zero-order valence-corrected chi connectivity index (χ0v) is 15.2. The number of benzene rings is 2.